The lowest BCUT2D eigenvalue weighted by atomic mass is 10.2. The summed E-state index contributed by atoms with van der Waals surface area (Å²) in [5.41, 5.74) is -0.957. The number of nitrogens with one attached hydrogen (secondary N) is 1. The van der Waals surface area contributed by atoms with Crippen LogP contribution in [0.4, 0.5) is 18.9 Å². The molecule has 0 heterocycles. The number of hydrogen-bond donors (Lipinski definition) is 1. The third-order valence-corrected chi connectivity index (χ3v) is 3.26. The van der Waals surface area contributed by atoms with Crippen molar-refractivity contribution >= 4 is 29.2 Å². The molecule has 2 aromatic rings. The molecule has 1 N–H and O–H groups in total. The van der Waals surface area contributed by atoms with Gasteiger partial charge in [0.1, 0.15) is 5.75 Å². The van der Waals surface area contributed by atoms with Crippen LogP contribution in [0.1, 0.15) is 5.56 Å². The summed E-state index contributed by atoms with van der Waals surface area (Å²) in [6.45, 7) is -1.09. The first-order valence-electron chi connectivity index (χ1n) is 7.25. The van der Waals surface area contributed by atoms with Crippen molar-refractivity contribution in [2.75, 3.05) is 18.5 Å². The molecule has 2 aromatic carbocycles. The zero-order valence-electron chi connectivity index (χ0n) is 13.2. The summed E-state index contributed by atoms with van der Waals surface area (Å²) in [5.74, 6) is -1.19. The van der Waals surface area contributed by atoms with E-state index in [0.717, 1.165) is 18.2 Å². The predicted octanol–water partition coefficient (Wildman–Crippen LogP) is 3.92. The number of rotatable bonds is 6. The average molecular weight is 388 g/mol. The molecular weight excluding hydrogens is 375 g/mol. The van der Waals surface area contributed by atoms with Crippen molar-refractivity contribution in [2.24, 2.45) is 0 Å². The number of alkyl halides is 3. The summed E-state index contributed by atoms with van der Waals surface area (Å²) in [4.78, 5) is 23.2. The third kappa shape index (κ3) is 6.29. The van der Waals surface area contributed by atoms with Crippen LogP contribution in [0.15, 0.2) is 48.5 Å². The van der Waals surface area contributed by atoms with Gasteiger partial charge in [0.2, 0.25) is 0 Å². The summed E-state index contributed by atoms with van der Waals surface area (Å²) < 4.78 is 47.6. The second-order valence-corrected chi connectivity index (χ2v) is 5.47. The van der Waals surface area contributed by atoms with Gasteiger partial charge in [-0.2, -0.15) is 13.2 Å². The van der Waals surface area contributed by atoms with Gasteiger partial charge in [0.25, 0.3) is 5.91 Å². The number of anilines is 1. The van der Waals surface area contributed by atoms with E-state index in [4.69, 9.17) is 21.1 Å². The SMILES string of the molecule is O=C(COC(=O)COc1ccc(Cl)cc1)Nc1cccc(C(F)(F)F)c1. The summed E-state index contributed by atoms with van der Waals surface area (Å²) >= 11 is 5.71. The third-order valence-electron chi connectivity index (χ3n) is 3.01. The molecule has 2 rings (SSSR count). The van der Waals surface area contributed by atoms with E-state index in [1.165, 1.54) is 6.07 Å². The molecule has 138 valence electrons. The lowest BCUT2D eigenvalue weighted by molar-refractivity contribution is -0.149. The van der Waals surface area contributed by atoms with Crippen molar-refractivity contribution in [3.05, 3.63) is 59.1 Å². The van der Waals surface area contributed by atoms with Gasteiger partial charge in [0.05, 0.1) is 5.56 Å². The van der Waals surface area contributed by atoms with Crippen molar-refractivity contribution in [1.82, 2.24) is 0 Å². The number of carbonyl (C=O) groups is 2. The fourth-order valence-electron chi connectivity index (χ4n) is 1.83. The molecule has 0 aliphatic heterocycles. The molecule has 0 aliphatic carbocycles. The molecule has 1 amide bonds. The fourth-order valence-corrected chi connectivity index (χ4v) is 1.96. The molecule has 26 heavy (non-hydrogen) atoms. The van der Waals surface area contributed by atoms with Crippen LogP contribution in [0.25, 0.3) is 0 Å². The van der Waals surface area contributed by atoms with Crippen LogP contribution in [0.3, 0.4) is 0 Å². The zero-order chi connectivity index (χ0) is 19.2. The van der Waals surface area contributed by atoms with Gasteiger partial charge in [-0.05, 0) is 42.5 Å². The average Bonchev–Trinajstić information content (AvgIpc) is 2.59. The zero-order valence-corrected chi connectivity index (χ0v) is 13.9. The van der Waals surface area contributed by atoms with E-state index in [2.05, 4.69) is 5.32 Å². The lowest BCUT2D eigenvalue weighted by Crippen LogP contribution is -2.23. The Labute approximate surface area is 151 Å². The first kappa shape index (κ1) is 19.6. The Morgan fingerprint density at radius 3 is 2.38 bits per heavy atom. The molecule has 0 atom stereocenters. The van der Waals surface area contributed by atoms with E-state index < -0.39 is 36.8 Å². The van der Waals surface area contributed by atoms with Crippen molar-refractivity contribution in [1.29, 1.82) is 0 Å². The molecule has 0 saturated heterocycles. The first-order valence-corrected chi connectivity index (χ1v) is 7.63. The van der Waals surface area contributed by atoms with Crippen LogP contribution in [0.2, 0.25) is 5.02 Å². The largest absolute Gasteiger partial charge is 0.482 e. The van der Waals surface area contributed by atoms with Gasteiger partial charge in [-0.15, -0.1) is 0 Å². The van der Waals surface area contributed by atoms with Gasteiger partial charge < -0.3 is 14.8 Å². The number of ether oxygens (including phenoxy) is 2. The Balaban J connectivity index is 1.77. The standard InChI is InChI=1S/C17H13ClF3NO4/c18-12-4-6-14(7-5-12)25-10-16(24)26-9-15(23)22-13-3-1-2-11(8-13)17(19,20)21/h1-8H,9-10H2,(H,22,23). The van der Waals surface area contributed by atoms with E-state index in [0.29, 0.717) is 10.8 Å². The van der Waals surface area contributed by atoms with Crippen molar-refractivity contribution in [3.8, 4) is 5.75 Å². The molecule has 0 fully saturated rings. The minimum Gasteiger partial charge on any atom is -0.482 e. The van der Waals surface area contributed by atoms with E-state index >= 15 is 0 Å². The number of hydrogen-bond acceptors (Lipinski definition) is 4. The maximum absolute atomic E-state index is 12.6. The lowest BCUT2D eigenvalue weighted by Gasteiger charge is -2.10. The second kappa shape index (κ2) is 8.57. The van der Waals surface area contributed by atoms with Crippen molar-refractivity contribution in [3.63, 3.8) is 0 Å². The maximum atomic E-state index is 12.6. The molecule has 9 heteroatoms. The molecule has 0 aromatic heterocycles. The Hall–Kier alpha value is -2.74. The number of halogens is 4. The van der Waals surface area contributed by atoms with Crippen molar-refractivity contribution in [2.45, 2.75) is 6.18 Å². The van der Waals surface area contributed by atoms with Gasteiger partial charge in [-0.3, -0.25) is 4.79 Å². The molecule has 0 radical (unpaired) electrons. The number of benzene rings is 2. The van der Waals surface area contributed by atoms with Gasteiger partial charge in [-0.25, -0.2) is 4.79 Å². The highest BCUT2D eigenvalue weighted by Crippen LogP contribution is 2.30. The number of esters is 1. The number of amides is 1. The first-order chi connectivity index (χ1) is 12.2. The smallest absolute Gasteiger partial charge is 0.416 e. The molecule has 0 bridgehead atoms. The fraction of sp³-hybridized carbons (Fsp3) is 0.176. The topological polar surface area (TPSA) is 64.6 Å². The quantitative estimate of drug-likeness (QED) is 0.763. The van der Waals surface area contributed by atoms with Crippen molar-refractivity contribution < 1.29 is 32.2 Å². The highest BCUT2D eigenvalue weighted by Gasteiger charge is 2.30. The molecule has 0 aliphatic rings. The van der Waals surface area contributed by atoms with E-state index in [1.807, 2.05) is 0 Å². The van der Waals surface area contributed by atoms with Crippen LogP contribution in [0.5, 0.6) is 5.75 Å². The Bertz CT molecular complexity index is 778. The maximum Gasteiger partial charge on any atom is 0.416 e. The monoisotopic (exact) mass is 387 g/mol. The van der Waals surface area contributed by atoms with Crippen LogP contribution in [-0.4, -0.2) is 25.1 Å². The van der Waals surface area contributed by atoms with Gasteiger partial charge >= 0.3 is 12.1 Å². The molecule has 0 saturated carbocycles. The Kier molecular flexibility index (Phi) is 6.46. The van der Waals surface area contributed by atoms with Gasteiger partial charge in [-0.1, -0.05) is 17.7 Å². The Morgan fingerprint density at radius 1 is 1.04 bits per heavy atom. The van der Waals surface area contributed by atoms with Crippen LogP contribution in [-0.2, 0) is 20.5 Å². The normalized spacial score (nSPS) is 10.9. The molecule has 0 unspecified atom stereocenters. The summed E-state index contributed by atoms with van der Waals surface area (Å²) in [6.07, 6.45) is -4.52. The summed E-state index contributed by atoms with van der Waals surface area (Å²) in [6, 6.07) is 10.4. The molecule has 0 spiro atoms. The predicted molar refractivity (Wildman–Crippen MR) is 88.0 cm³/mol. The minimum atomic E-state index is -4.52. The van der Waals surface area contributed by atoms with Gasteiger partial charge in [0.15, 0.2) is 13.2 Å². The van der Waals surface area contributed by atoms with E-state index in [9.17, 15) is 22.8 Å². The summed E-state index contributed by atoms with van der Waals surface area (Å²) in [7, 11) is 0. The molecular formula is C17H13ClF3NO4. The summed E-state index contributed by atoms with van der Waals surface area (Å²) in [5, 5.41) is 2.72. The highest BCUT2D eigenvalue weighted by molar-refractivity contribution is 6.30. The van der Waals surface area contributed by atoms with Gasteiger partial charge in [0, 0.05) is 10.7 Å². The minimum absolute atomic E-state index is 0.0571. The molecule has 5 nitrogen and oxygen atoms in total. The second-order valence-electron chi connectivity index (χ2n) is 5.03. The highest BCUT2D eigenvalue weighted by atomic mass is 35.5. The van der Waals surface area contributed by atoms with Crippen LogP contribution in [0, 0.1) is 0 Å². The van der Waals surface area contributed by atoms with Crippen LogP contribution >= 0.6 is 11.6 Å². The van der Waals surface area contributed by atoms with Crippen LogP contribution < -0.4 is 10.1 Å². The van der Waals surface area contributed by atoms with E-state index in [-0.39, 0.29) is 5.69 Å². The van der Waals surface area contributed by atoms with E-state index in [1.54, 1.807) is 24.3 Å². The number of carbonyl (C=O) groups excluding carboxylic acids is 2. The Morgan fingerprint density at radius 2 is 1.73 bits per heavy atom.